The Morgan fingerprint density at radius 2 is 1.69 bits per heavy atom. The summed E-state index contributed by atoms with van der Waals surface area (Å²) in [6.45, 7) is 3.79. The van der Waals surface area contributed by atoms with E-state index >= 15 is 0 Å². The monoisotopic (exact) mass is 352 g/mol. The lowest BCUT2D eigenvalue weighted by atomic mass is 9.92. The van der Waals surface area contributed by atoms with E-state index < -0.39 is 12.0 Å². The van der Waals surface area contributed by atoms with Gasteiger partial charge < -0.3 is 4.74 Å². The van der Waals surface area contributed by atoms with Gasteiger partial charge in [0.2, 0.25) is 0 Å². The molecule has 136 valence electrons. The first-order valence-electron chi connectivity index (χ1n) is 9.16. The highest BCUT2D eigenvalue weighted by molar-refractivity contribution is 6.08. The van der Waals surface area contributed by atoms with Crippen molar-refractivity contribution in [3.8, 4) is 0 Å². The highest BCUT2D eigenvalue weighted by Gasteiger charge is 2.31. The van der Waals surface area contributed by atoms with Gasteiger partial charge in [-0.3, -0.25) is 14.7 Å². The van der Waals surface area contributed by atoms with E-state index in [1.807, 2.05) is 12.1 Å². The van der Waals surface area contributed by atoms with Crippen LogP contribution in [0.1, 0.15) is 58.5 Å². The molecule has 1 aromatic heterocycles. The largest absolute Gasteiger partial charge is 0.462 e. The topological polar surface area (TPSA) is 59.5 Å². The molecule has 1 fully saturated rings. The normalized spacial score (nSPS) is 16.0. The Labute approximate surface area is 154 Å². The van der Waals surface area contributed by atoms with Gasteiger partial charge in [0.1, 0.15) is 0 Å². The van der Waals surface area contributed by atoms with Crippen molar-refractivity contribution >= 4 is 11.8 Å². The summed E-state index contributed by atoms with van der Waals surface area (Å²) >= 11 is 0. The fourth-order valence-corrected chi connectivity index (χ4v) is 3.48. The van der Waals surface area contributed by atoms with Crippen LogP contribution < -0.4 is 0 Å². The summed E-state index contributed by atoms with van der Waals surface area (Å²) < 4.78 is 5.13. The first-order chi connectivity index (χ1) is 12.7. The molecule has 0 amide bonds. The Morgan fingerprint density at radius 1 is 1.04 bits per heavy atom. The van der Waals surface area contributed by atoms with E-state index in [0.29, 0.717) is 11.1 Å². The van der Waals surface area contributed by atoms with Gasteiger partial charge in [-0.25, -0.2) is 4.79 Å². The minimum absolute atomic E-state index is 0.0678. The summed E-state index contributed by atoms with van der Waals surface area (Å²) in [5.41, 5.74) is 1.65. The molecule has 0 bridgehead atoms. The number of esters is 1. The third-order valence-corrected chi connectivity index (χ3v) is 4.71. The van der Waals surface area contributed by atoms with Crippen LogP contribution in [0.2, 0.25) is 0 Å². The number of aromatic nitrogens is 1. The van der Waals surface area contributed by atoms with E-state index in [-0.39, 0.29) is 12.4 Å². The Morgan fingerprint density at radius 3 is 2.35 bits per heavy atom. The second kappa shape index (κ2) is 8.72. The molecule has 0 radical (unpaired) electrons. The molecular weight excluding hydrogens is 328 g/mol. The molecule has 0 N–H and O–H groups in total. The first kappa shape index (κ1) is 18.3. The van der Waals surface area contributed by atoms with Crippen LogP contribution in [0.3, 0.4) is 0 Å². The van der Waals surface area contributed by atoms with Crippen LogP contribution in [0.25, 0.3) is 0 Å². The number of carbonyl (C=O) groups is 2. The number of rotatable bonds is 6. The molecule has 5 nitrogen and oxygen atoms in total. The zero-order valence-corrected chi connectivity index (χ0v) is 15.1. The van der Waals surface area contributed by atoms with Crippen molar-refractivity contribution in [2.24, 2.45) is 0 Å². The van der Waals surface area contributed by atoms with Gasteiger partial charge in [0.15, 0.2) is 5.78 Å². The van der Waals surface area contributed by atoms with Crippen molar-refractivity contribution in [2.45, 2.75) is 32.2 Å². The van der Waals surface area contributed by atoms with E-state index in [9.17, 15) is 9.59 Å². The zero-order chi connectivity index (χ0) is 18.4. The molecule has 1 aromatic carbocycles. The molecular formula is C21H24N2O3. The van der Waals surface area contributed by atoms with E-state index in [2.05, 4.69) is 9.88 Å². The van der Waals surface area contributed by atoms with E-state index in [1.54, 1.807) is 43.6 Å². The maximum Gasteiger partial charge on any atom is 0.338 e. The zero-order valence-electron chi connectivity index (χ0n) is 15.1. The Hall–Kier alpha value is -2.53. The van der Waals surface area contributed by atoms with Crippen LogP contribution >= 0.6 is 0 Å². The number of hydrogen-bond acceptors (Lipinski definition) is 5. The summed E-state index contributed by atoms with van der Waals surface area (Å²) in [5.74, 6) is -0.523. The van der Waals surface area contributed by atoms with Gasteiger partial charge in [-0.15, -0.1) is 0 Å². The van der Waals surface area contributed by atoms with Gasteiger partial charge in [0.25, 0.3) is 0 Å². The van der Waals surface area contributed by atoms with Gasteiger partial charge in [0.05, 0.1) is 18.2 Å². The minimum Gasteiger partial charge on any atom is -0.462 e. The lowest BCUT2D eigenvalue weighted by molar-refractivity contribution is 0.0520. The molecule has 1 aliphatic rings. The summed E-state index contributed by atoms with van der Waals surface area (Å²) in [4.78, 5) is 32.1. The summed E-state index contributed by atoms with van der Waals surface area (Å²) in [7, 11) is 0. The molecule has 2 aromatic rings. The predicted octanol–water partition coefficient (Wildman–Crippen LogP) is 3.67. The highest BCUT2D eigenvalue weighted by atomic mass is 16.5. The summed E-state index contributed by atoms with van der Waals surface area (Å²) in [6, 6.07) is 10.3. The molecule has 1 atom stereocenters. The van der Waals surface area contributed by atoms with E-state index in [1.165, 1.54) is 6.42 Å². The first-order valence-corrected chi connectivity index (χ1v) is 9.16. The molecule has 3 rings (SSSR count). The van der Waals surface area contributed by atoms with Crippen molar-refractivity contribution in [3.63, 3.8) is 0 Å². The van der Waals surface area contributed by atoms with Gasteiger partial charge >= 0.3 is 5.97 Å². The third kappa shape index (κ3) is 3.99. The lowest BCUT2D eigenvalue weighted by Crippen LogP contribution is -2.38. The van der Waals surface area contributed by atoms with Crippen molar-refractivity contribution in [1.82, 2.24) is 9.88 Å². The van der Waals surface area contributed by atoms with E-state index in [0.717, 1.165) is 31.5 Å². The summed E-state index contributed by atoms with van der Waals surface area (Å²) in [6.07, 6.45) is 6.75. The number of piperidine rings is 1. The molecule has 26 heavy (non-hydrogen) atoms. The van der Waals surface area contributed by atoms with Gasteiger partial charge in [-0.05, 0) is 56.6 Å². The van der Waals surface area contributed by atoms with Crippen LogP contribution in [-0.2, 0) is 4.74 Å². The number of benzene rings is 1. The van der Waals surface area contributed by atoms with Crippen molar-refractivity contribution < 1.29 is 14.3 Å². The van der Waals surface area contributed by atoms with Crippen molar-refractivity contribution in [1.29, 1.82) is 0 Å². The SMILES string of the molecule is CCOC(=O)c1ccccc1C(=O)C(c1ccncc1)N1CCCCC1. The Balaban J connectivity index is 1.99. The maximum atomic E-state index is 13.5. The standard InChI is InChI=1S/C21H24N2O3/c1-2-26-21(25)18-9-5-4-8-17(18)20(24)19(16-10-12-22-13-11-16)23-14-6-3-7-15-23/h4-5,8-13,19H,2-3,6-7,14-15H2,1H3. The number of ketones is 1. The predicted molar refractivity (Wildman–Crippen MR) is 99.1 cm³/mol. The van der Waals surface area contributed by atoms with E-state index in [4.69, 9.17) is 4.74 Å². The number of likely N-dealkylation sites (tertiary alicyclic amines) is 1. The second-order valence-corrected chi connectivity index (χ2v) is 6.41. The van der Waals surface area contributed by atoms with Crippen LogP contribution in [0.4, 0.5) is 0 Å². The number of carbonyl (C=O) groups excluding carboxylic acids is 2. The maximum absolute atomic E-state index is 13.5. The van der Waals surface area contributed by atoms with Crippen molar-refractivity contribution in [3.05, 3.63) is 65.5 Å². The van der Waals surface area contributed by atoms with Crippen molar-refractivity contribution in [2.75, 3.05) is 19.7 Å². The Bertz CT molecular complexity index is 755. The molecule has 1 saturated heterocycles. The molecule has 0 saturated carbocycles. The molecule has 1 unspecified atom stereocenters. The fourth-order valence-electron chi connectivity index (χ4n) is 3.48. The quantitative estimate of drug-likeness (QED) is 0.586. The van der Waals surface area contributed by atoms with Crippen LogP contribution in [-0.4, -0.2) is 41.3 Å². The molecule has 2 heterocycles. The third-order valence-electron chi connectivity index (χ3n) is 4.71. The number of pyridine rings is 1. The number of Topliss-reactive ketones (excluding diaryl/α,β-unsaturated/α-hetero) is 1. The van der Waals surface area contributed by atoms with Gasteiger partial charge in [-0.1, -0.05) is 24.6 Å². The smallest absolute Gasteiger partial charge is 0.338 e. The van der Waals surface area contributed by atoms with Gasteiger partial charge in [-0.2, -0.15) is 0 Å². The number of ether oxygens (including phenoxy) is 1. The van der Waals surface area contributed by atoms with Crippen LogP contribution in [0, 0.1) is 0 Å². The van der Waals surface area contributed by atoms with Crippen LogP contribution in [0.5, 0.6) is 0 Å². The molecule has 0 aliphatic carbocycles. The average molecular weight is 352 g/mol. The molecule has 1 aliphatic heterocycles. The number of hydrogen-bond donors (Lipinski definition) is 0. The highest BCUT2D eigenvalue weighted by Crippen LogP contribution is 2.29. The lowest BCUT2D eigenvalue weighted by Gasteiger charge is -2.34. The fraction of sp³-hybridized carbons (Fsp3) is 0.381. The van der Waals surface area contributed by atoms with Crippen LogP contribution in [0.15, 0.2) is 48.8 Å². The summed E-state index contributed by atoms with van der Waals surface area (Å²) in [5, 5.41) is 0. The second-order valence-electron chi connectivity index (χ2n) is 6.41. The number of nitrogens with zero attached hydrogens (tertiary/aromatic N) is 2. The minimum atomic E-state index is -0.455. The molecule has 0 spiro atoms. The molecule has 5 heteroatoms. The van der Waals surface area contributed by atoms with Gasteiger partial charge in [0, 0.05) is 18.0 Å². The Kier molecular flexibility index (Phi) is 6.12. The average Bonchev–Trinajstić information content (AvgIpc) is 2.70.